The van der Waals surface area contributed by atoms with Crippen LogP contribution in [0.3, 0.4) is 0 Å². The standard InChI is InChI=1S/C15H20ClNO2/c16-14-7-4-6-13(12-14)15(18)19-11-5-10-17-8-2-1-3-9-17/h4,6-7,12H,1-3,5,8-11H2. The number of hydrogen-bond donors (Lipinski definition) is 0. The Morgan fingerprint density at radius 2 is 2.05 bits per heavy atom. The molecule has 1 aromatic carbocycles. The zero-order valence-corrected chi connectivity index (χ0v) is 11.9. The summed E-state index contributed by atoms with van der Waals surface area (Å²) >= 11 is 5.84. The van der Waals surface area contributed by atoms with Gasteiger partial charge in [-0.25, -0.2) is 4.79 Å². The van der Waals surface area contributed by atoms with Crippen molar-refractivity contribution in [1.29, 1.82) is 0 Å². The van der Waals surface area contributed by atoms with Gasteiger partial charge in [-0.15, -0.1) is 0 Å². The van der Waals surface area contributed by atoms with E-state index >= 15 is 0 Å². The molecule has 1 aromatic rings. The molecule has 0 atom stereocenters. The highest BCUT2D eigenvalue weighted by Crippen LogP contribution is 2.12. The van der Waals surface area contributed by atoms with Gasteiger partial charge in [0.15, 0.2) is 0 Å². The van der Waals surface area contributed by atoms with Crippen LogP contribution in [0.15, 0.2) is 24.3 Å². The first-order valence-corrected chi connectivity index (χ1v) is 7.28. The Balaban J connectivity index is 1.66. The Bertz CT molecular complexity index is 416. The molecule has 0 radical (unpaired) electrons. The fourth-order valence-corrected chi connectivity index (χ4v) is 2.53. The summed E-state index contributed by atoms with van der Waals surface area (Å²) in [6.07, 6.45) is 4.83. The van der Waals surface area contributed by atoms with Crippen LogP contribution in [0.25, 0.3) is 0 Å². The smallest absolute Gasteiger partial charge is 0.338 e. The van der Waals surface area contributed by atoms with Crippen LogP contribution < -0.4 is 0 Å². The number of piperidine rings is 1. The van der Waals surface area contributed by atoms with Gasteiger partial charge in [0, 0.05) is 11.6 Å². The van der Waals surface area contributed by atoms with E-state index in [0.29, 0.717) is 17.2 Å². The fraction of sp³-hybridized carbons (Fsp3) is 0.533. The molecule has 1 heterocycles. The van der Waals surface area contributed by atoms with Crippen molar-refractivity contribution in [2.24, 2.45) is 0 Å². The van der Waals surface area contributed by atoms with E-state index in [1.165, 1.54) is 32.4 Å². The lowest BCUT2D eigenvalue weighted by atomic mass is 10.1. The third kappa shape index (κ3) is 4.84. The molecule has 0 unspecified atom stereocenters. The van der Waals surface area contributed by atoms with Crippen molar-refractivity contribution in [3.8, 4) is 0 Å². The van der Waals surface area contributed by atoms with Crippen LogP contribution in [-0.2, 0) is 4.74 Å². The Morgan fingerprint density at radius 1 is 1.26 bits per heavy atom. The lowest BCUT2D eigenvalue weighted by Gasteiger charge is -2.26. The molecule has 0 amide bonds. The summed E-state index contributed by atoms with van der Waals surface area (Å²) in [4.78, 5) is 14.2. The van der Waals surface area contributed by atoms with E-state index in [-0.39, 0.29) is 5.97 Å². The molecule has 0 N–H and O–H groups in total. The first-order chi connectivity index (χ1) is 9.25. The fourth-order valence-electron chi connectivity index (χ4n) is 2.33. The van der Waals surface area contributed by atoms with Crippen LogP contribution in [0.1, 0.15) is 36.0 Å². The van der Waals surface area contributed by atoms with Crippen molar-refractivity contribution in [1.82, 2.24) is 4.90 Å². The number of ether oxygens (including phenoxy) is 1. The van der Waals surface area contributed by atoms with Gasteiger partial charge in [0.1, 0.15) is 0 Å². The summed E-state index contributed by atoms with van der Waals surface area (Å²) in [6.45, 7) is 3.86. The lowest BCUT2D eigenvalue weighted by Crippen LogP contribution is -2.31. The first-order valence-electron chi connectivity index (χ1n) is 6.91. The number of esters is 1. The highest BCUT2D eigenvalue weighted by atomic mass is 35.5. The molecule has 0 aliphatic carbocycles. The quantitative estimate of drug-likeness (QED) is 0.612. The van der Waals surface area contributed by atoms with Crippen LogP contribution in [0.4, 0.5) is 0 Å². The largest absolute Gasteiger partial charge is 0.462 e. The predicted octanol–water partition coefficient (Wildman–Crippen LogP) is 3.37. The number of hydrogen-bond acceptors (Lipinski definition) is 3. The Hall–Kier alpha value is -1.06. The van der Waals surface area contributed by atoms with E-state index < -0.39 is 0 Å². The zero-order chi connectivity index (χ0) is 13.5. The van der Waals surface area contributed by atoms with E-state index in [1.54, 1.807) is 24.3 Å². The van der Waals surface area contributed by atoms with Gasteiger partial charge in [-0.3, -0.25) is 0 Å². The summed E-state index contributed by atoms with van der Waals surface area (Å²) < 4.78 is 5.25. The Labute approximate surface area is 119 Å². The molecule has 0 saturated carbocycles. The van der Waals surface area contributed by atoms with Gasteiger partial charge in [0.25, 0.3) is 0 Å². The average molecular weight is 282 g/mol. The SMILES string of the molecule is O=C(OCCCN1CCCCC1)c1cccc(Cl)c1. The average Bonchev–Trinajstić information content (AvgIpc) is 2.44. The molecular weight excluding hydrogens is 262 g/mol. The Morgan fingerprint density at radius 3 is 2.79 bits per heavy atom. The van der Waals surface area contributed by atoms with E-state index in [4.69, 9.17) is 16.3 Å². The molecule has 1 saturated heterocycles. The normalized spacial score (nSPS) is 16.3. The molecule has 1 aliphatic rings. The van der Waals surface area contributed by atoms with Gasteiger partial charge in [-0.2, -0.15) is 0 Å². The number of nitrogens with zero attached hydrogens (tertiary/aromatic N) is 1. The molecule has 3 nitrogen and oxygen atoms in total. The second kappa shape index (κ2) is 7.51. The second-order valence-electron chi connectivity index (χ2n) is 4.90. The number of carbonyl (C=O) groups excluding carboxylic acids is 1. The van der Waals surface area contributed by atoms with Crippen molar-refractivity contribution in [2.75, 3.05) is 26.2 Å². The molecule has 0 bridgehead atoms. The monoisotopic (exact) mass is 281 g/mol. The minimum atomic E-state index is -0.291. The summed E-state index contributed by atoms with van der Waals surface area (Å²) in [5.74, 6) is -0.291. The van der Waals surface area contributed by atoms with Gasteiger partial charge in [0.05, 0.1) is 12.2 Å². The minimum absolute atomic E-state index is 0.291. The molecule has 2 rings (SSSR count). The van der Waals surface area contributed by atoms with Crippen LogP contribution in [0.5, 0.6) is 0 Å². The molecule has 0 aromatic heterocycles. The zero-order valence-electron chi connectivity index (χ0n) is 11.1. The highest BCUT2D eigenvalue weighted by molar-refractivity contribution is 6.30. The molecule has 0 spiro atoms. The predicted molar refractivity (Wildman–Crippen MR) is 76.6 cm³/mol. The van der Waals surface area contributed by atoms with Crippen molar-refractivity contribution >= 4 is 17.6 Å². The van der Waals surface area contributed by atoms with Gasteiger partial charge >= 0.3 is 5.97 Å². The van der Waals surface area contributed by atoms with Gasteiger partial charge in [-0.1, -0.05) is 24.1 Å². The number of likely N-dealkylation sites (tertiary alicyclic amines) is 1. The maximum Gasteiger partial charge on any atom is 0.338 e. The van der Waals surface area contributed by atoms with Gasteiger partial charge < -0.3 is 9.64 Å². The van der Waals surface area contributed by atoms with Crippen molar-refractivity contribution in [2.45, 2.75) is 25.7 Å². The highest BCUT2D eigenvalue weighted by Gasteiger charge is 2.10. The second-order valence-corrected chi connectivity index (χ2v) is 5.34. The van der Waals surface area contributed by atoms with Crippen LogP contribution >= 0.6 is 11.6 Å². The third-order valence-corrected chi connectivity index (χ3v) is 3.60. The van der Waals surface area contributed by atoms with Crippen molar-refractivity contribution < 1.29 is 9.53 Å². The van der Waals surface area contributed by atoms with Crippen LogP contribution in [-0.4, -0.2) is 37.1 Å². The molecule has 1 fully saturated rings. The maximum atomic E-state index is 11.8. The summed E-state index contributed by atoms with van der Waals surface area (Å²) in [7, 11) is 0. The van der Waals surface area contributed by atoms with Gasteiger partial charge in [0.2, 0.25) is 0 Å². The number of benzene rings is 1. The molecule has 1 aliphatic heterocycles. The van der Waals surface area contributed by atoms with Crippen molar-refractivity contribution in [3.05, 3.63) is 34.9 Å². The summed E-state index contributed by atoms with van der Waals surface area (Å²) in [5.41, 5.74) is 0.519. The van der Waals surface area contributed by atoms with E-state index in [9.17, 15) is 4.79 Å². The van der Waals surface area contributed by atoms with E-state index in [1.807, 2.05) is 0 Å². The van der Waals surface area contributed by atoms with Crippen molar-refractivity contribution in [3.63, 3.8) is 0 Å². The summed E-state index contributed by atoms with van der Waals surface area (Å²) in [6, 6.07) is 6.86. The minimum Gasteiger partial charge on any atom is -0.462 e. The number of carbonyl (C=O) groups is 1. The molecule has 4 heteroatoms. The van der Waals surface area contributed by atoms with Crippen LogP contribution in [0.2, 0.25) is 5.02 Å². The summed E-state index contributed by atoms with van der Waals surface area (Å²) in [5, 5.41) is 0.558. The van der Waals surface area contributed by atoms with Crippen LogP contribution in [0, 0.1) is 0 Å². The molecule has 19 heavy (non-hydrogen) atoms. The molecular formula is C15H20ClNO2. The number of halogens is 1. The molecule has 104 valence electrons. The number of rotatable bonds is 5. The maximum absolute atomic E-state index is 11.8. The van der Waals surface area contributed by atoms with Gasteiger partial charge in [-0.05, 0) is 50.6 Å². The van der Waals surface area contributed by atoms with E-state index in [0.717, 1.165) is 13.0 Å². The topological polar surface area (TPSA) is 29.5 Å². The van der Waals surface area contributed by atoms with E-state index in [2.05, 4.69) is 4.90 Å². The Kier molecular flexibility index (Phi) is 5.67. The third-order valence-electron chi connectivity index (χ3n) is 3.36. The first kappa shape index (κ1) is 14.4. The lowest BCUT2D eigenvalue weighted by molar-refractivity contribution is 0.0485.